The number of aliphatic hydroxyl groups is 1. The Balaban J connectivity index is 2.29. The Morgan fingerprint density at radius 1 is 1.15 bits per heavy atom. The number of hydrogen-bond donors (Lipinski definition) is 2. The molecule has 2 rings (SSSR count). The summed E-state index contributed by atoms with van der Waals surface area (Å²) in [4.78, 5) is 0. The number of aliphatic hydroxyl groups excluding tert-OH is 1. The van der Waals surface area contributed by atoms with Crippen LogP contribution in [-0.4, -0.2) is 15.3 Å². The lowest BCUT2D eigenvalue weighted by atomic mass is 10.1. The summed E-state index contributed by atoms with van der Waals surface area (Å²) < 4.78 is 0. The van der Waals surface area contributed by atoms with E-state index in [1.807, 2.05) is 30.3 Å². The van der Waals surface area contributed by atoms with Crippen LogP contribution in [0.4, 0.5) is 0 Å². The Morgan fingerprint density at radius 3 is 2.54 bits per heavy atom. The zero-order valence-corrected chi connectivity index (χ0v) is 7.01. The van der Waals surface area contributed by atoms with E-state index in [0.29, 0.717) is 0 Å². The van der Waals surface area contributed by atoms with Crippen molar-refractivity contribution in [2.75, 3.05) is 0 Å². The Bertz CT molecular complexity index is 356. The standard InChI is InChI=1S/C10H10N2O/c13-10(9-6-11-12-7-9)8-4-2-1-3-5-8/h1-7,10,13H,(H,11,12). The molecule has 0 spiro atoms. The van der Waals surface area contributed by atoms with Gasteiger partial charge in [-0.25, -0.2) is 0 Å². The van der Waals surface area contributed by atoms with Crippen LogP contribution < -0.4 is 0 Å². The molecule has 0 saturated heterocycles. The fourth-order valence-electron chi connectivity index (χ4n) is 1.24. The SMILES string of the molecule is OC(c1ccccc1)c1cn[nH]c1. The highest BCUT2D eigenvalue weighted by Crippen LogP contribution is 2.19. The van der Waals surface area contributed by atoms with Gasteiger partial charge in [0.25, 0.3) is 0 Å². The molecular formula is C10H10N2O. The highest BCUT2D eigenvalue weighted by Gasteiger charge is 2.09. The first kappa shape index (κ1) is 8.01. The number of aromatic nitrogens is 2. The molecule has 1 heterocycles. The molecule has 0 saturated carbocycles. The van der Waals surface area contributed by atoms with E-state index in [2.05, 4.69) is 10.2 Å². The van der Waals surface area contributed by atoms with Gasteiger partial charge in [-0.1, -0.05) is 30.3 Å². The van der Waals surface area contributed by atoms with Gasteiger partial charge in [-0.3, -0.25) is 5.10 Å². The van der Waals surface area contributed by atoms with E-state index < -0.39 is 6.10 Å². The average Bonchev–Trinajstić information content (AvgIpc) is 2.71. The van der Waals surface area contributed by atoms with Crippen molar-refractivity contribution in [1.29, 1.82) is 0 Å². The van der Waals surface area contributed by atoms with Gasteiger partial charge in [0, 0.05) is 11.8 Å². The van der Waals surface area contributed by atoms with Crippen LogP contribution in [-0.2, 0) is 0 Å². The van der Waals surface area contributed by atoms with Crippen molar-refractivity contribution in [3.63, 3.8) is 0 Å². The van der Waals surface area contributed by atoms with Crippen LogP contribution in [0.2, 0.25) is 0 Å². The minimum absolute atomic E-state index is 0.583. The summed E-state index contributed by atoms with van der Waals surface area (Å²) in [6.07, 6.45) is 2.73. The summed E-state index contributed by atoms with van der Waals surface area (Å²) >= 11 is 0. The highest BCUT2D eigenvalue weighted by molar-refractivity contribution is 5.26. The maximum absolute atomic E-state index is 9.82. The maximum atomic E-state index is 9.82. The second-order valence-corrected chi connectivity index (χ2v) is 2.84. The third kappa shape index (κ3) is 1.60. The molecule has 2 aromatic rings. The van der Waals surface area contributed by atoms with Crippen LogP contribution in [0.5, 0.6) is 0 Å². The Hall–Kier alpha value is -1.61. The minimum Gasteiger partial charge on any atom is -0.384 e. The van der Waals surface area contributed by atoms with Gasteiger partial charge in [0.2, 0.25) is 0 Å². The van der Waals surface area contributed by atoms with Crippen LogP contribution in [0.25, 0.3) is 0 Å². The lowest BCUT2D eigenvalue weighted by molar-refractivity contribution is 0.220. The Morgan fingerprint density at radius 2 is 1.92 bits per heavy atom. The van der Waals surface area contributed by atoms with E-state index in [1.54, 1.807) is 12.4 Å². The van der Waals surface area contributed by atoms with Gasteiger partial charge in [-0.05, 0) is 5.56 Å². The summed E-state index contributed by atoms with van der Waals surface area (Å²) in [5, 5.41) is 16.3. The monoisotopic (exact) mass is 174 g/mol. The van der Waals surface area contributed by atoms with Crippen molar-refractivity contribution in [2.45, 2.75) is 6.10 Å². The van der Waals surface area contributed by atoms with Crippen molar-refractivity contribution in [1.82, 2.24) is 10.2 Å². The van der Waals surface area contributed by atoms with Crippen LogP contribution in [0.15, 0.2) is 42.7 Å². The smallest absolute Gasteiger partial charge is 0.107 e. The Labute approximate surface area is 76.0 Å². The molecule has 0 aliphatic carbocycles. The second-order valence-electron chi connectivity index (χ2n) is 2.84. The van der Waals surface area contributed by atoms with Crippen molar-refractivity contribution < 1.29 is 5.11 Å². The molecule has 1 atom stereocenters. The summed E-state index contributed by atoms with van der Waals surface area (Å²) in [6, 6.07) is 9.50. The Kier molecular flexibility index (Phi) is 2.10. The summed E-state index contributed by atoms with van der Waals surface area (Å²) in [5.74, 6) is 0. The van der Waals surface area contributed by atoms with Crippen LogP contribution in [0, 0.1) is 0 Å². The number of nitrogens with one attached hydrogen (secondary N) is 1. The molecule has 1 aromatic heterocycles. The van der Waals surface area contributed by atoms with E-state index in [4.69, 9.17) is 0 Å². The number of H-pyrrole nitrogens is 1. The molecule has 3 heteroatoms. The zero-order valence-electron chi connectivity index (χ0n) is 7.01. The molecule has 1 aromatic carbocycles. The largest absolute Gasteiger partial charge is 0.384 e. The number of nitrogens with zero attached hydrogens (tertiary/aromatic N) is 1. The van der Waals surface area contributed by atoms with Gasteiger partial charge in [0.15, 0.2) is 0 Å². The van der Waals surface area contributed by atoms with Gasteiger partial charge < -0.3 is 5.11 Å². The molecule has 0 fully saturated rings. The molecule has 2 N–H and O–H groups in total. The van der Waals surface area contributed by atoms with E-state index in [1.165, 1.54) is 0 Å². The maximum Gasteiger partial charge on any atom is 0.107 e. The number of aromatic amines is 1. The topological polar surface area (TPSA) is 48.9 Å². The first-order chi connectivity index (χ1) is 6.38. The molecular weight excluding hydrogens is 164 g/mol. The number of rotatable bonds is 2. The van der Waals surface area contributed by atoms with Crippen LogP contribution >= 0.6 is 0 Å². The molecule has 1 unspecified atom stereocenters. The van der Waals surface area contributed by atoms with Crippen LogP contribution in [0.3, 0.4) is 0 Å². The molecule has 0 aliphatic rings. The predicted octanol–water partition coefficient (Wildman–Crippen LogP) is 1.49. The lowest BCUT2D eigenvalue weighted by Gasteiger charge is -2.07. The molecule has 3 nitrogen and oxygen atoms in total. The van der Waals surface area contributed by atoms with E-state index in [-0.39, 0.29) is 0 Å². The van der Waals surface area contributed by atoms with Crippen molar-refractivity contribution in [3.05, 3.63) is 53.9 Å². The highest BCUT2D eigenvalue weighted by atomic mass is 16.3. The normalized spacial score (nSPS) is 12.7. The molecule has 66 valence electrons. The van der Waals surface area contributed by atoms with E-state index in [0.717, 1.165) is 11.1 Å². The van der Waals surface area contributed by atoms with Gasteiger partial charge in [0.05, 0.1) is 6.20 Å². The summed E-state index contributed by atoms with van der Waals surface area (Å²) in [5.41, 5.74) is 1.66. The third-order valence-electron chi connectivity index (χ3n) is 1.95. The average molecular weight is 174 g/mol. The fraction of sp³-hybridized carbons (Fsp3) is 0.100. The molecule has 13 heavy (non-hydrogen) atoms. The van der Waals surface area contributed by atoms with Gasteiger partial charge in [-0.15, -0.1) is 0 Å². The van der Waals surface area contributed by atoms with E-state index in [9.17, 15) is 5.11 Å². The minimum atomic E-state index is -0.583. The van der Waals surface area contributed by atoms with Crippen molar-refractivity contribution in [3.8, 4) is 0 Å². The zero-order chi connectivity index (χ0) is 9.10. The summed E-state index contributed by atoms with van der Waals surface area (Å²) in [7, 11) is 0. The van der Waals surface area contributed by atoms with Crippen molar-refractivity contribution >= 4 is 0 Å². The van der Waals surface area contributed by atoms with Gasteiger partial charge in [-0.2, -0.15) is 5.10 Å². The molecule has 0 amide bonds. The third-order valence-corrected chi connectivity index (χ3v) is 1.95. The number of hydrogen-bond acceptors (Lipinski definition) is 2. The van der Waals surface area contributed by atoms with Gasteiger partial charge >= 0.3 is 0 Å². The van der Waals surface area contributed by atoms with Crippen molar-refractivity contribution in [2.24, 2.45) is 0 Å². The lowest BCUT2D eigenvalue weighted by Crippen LogP contribution is -1.96. The fourth-order valence-corrected chi connectivity index (χ4v) is 1.24. The quantitative estimate of drug-likeness (QED) is 0.724. The van der Waals surface area contributed by atoms with Crippen LogP contribution in [0.1, 0.15) is 17.2 Å². The summed E-state index contributed by atoms with van der Waals surface area (Å²) in [6.45, 7) is 0. The second kappa shape index (κ2) is 3.41. The first-order valence-corrected chi connectivity index (χ1v) is 4.09. The predicted molar refractivity (Wildman–Crippen MR) is 49.1 cm³/mol. The molecule has 0 bridgehead atoms. The van der Waals surface area contributed by atoms with E-state index >= 15 is 0 Å². The molecule has 0 aliphatic heterocycles. The number of benzene rings is 1. The molecule has 0 radical (unpaired) electrons. The first-order valence-electron chi connectivity index (χ1n) is 4.09. The van der Waals surface area contributed by atoms with Gasteiger partial charge in [0.1, 0.15) is 6.10 Å².